The van der Waals surface area contributed by atoms with Crippen LogP contribution in [0.3, 0.4) is 0 Å². The quantitative estimate of drug-likeness (QED) is 0.867. The number of ether oxygens (including phenoxy) is 1. The summed E-state index contributed by atoms with van der Waals surface area (Å²) in [7, 11) is 1.75. The fourth-order valence-corrected chi connectivity index (χ4v) is 4.68. The predicted molar refractivity (Wildman–Crippen MR) is 103 cm³/mol. The topological polar surface area (TPSA) is 76.1 Å². The Morgan fingerprint density at radius 3 is 2.63 bits per heavy atom. The molecule has 1 saturated heterocycles. The Hall–Kier alpha value is -2.31. The van der Waals surface area contributed by atoms with Gasteiger partial charge in [0.2, 0.25) is 0 Å². The molecule has 1 spiro atoms. The molecule has 4 rings (SSSR count). The number of nitrogens with zero attached hydrogens (tertiary/aromatic N) is 2. The monoisotopic (exact) mass is 366 g/mol. The molecule has 2 aliphatic rings. The van der Waals surface area contributed by atoms with E-state index >= 15 is 0 Å². The normalized spacial score (nSPS) is 23.2. The van der Waals surface area contributed by atoms with Crippen LogP contribution in [0.2, 0.25) is 0 Å². The summed E-state index contributed by atoms with van der Waals surface area (Å²) in [4.78, 5) is 21.4. The number of nitrogens with one attached hydrogen (secondary N) is 2. The molecular formula is C21H26N4O2. The van der Waals surface area contributed by atoms with Crippen molar-refractivity contribution in [2.75, 3.05) is 20.2 Å². The van der Waals surface area contributed by atoms with E-state index in [1.807, 2.05) is 13.0 Å². The van der Waals surface area contributed by atoms with E-state index in [0.717, 1.165) is 43.7 Å². The molecule has 1 aromatic heterocycles. The number of aryl methyl sites for hydroxylation is 1. The number of carbonyl (C=O) groups is 1. The average Bonchev–Trinajstić information content (AvgIpc) is 2.97. The number of benzene rings is 1. The van der Waals surface area contributed by atoms with Gasteiger partial charge in [0.25, 0.3) is 5.91 Å². The summed E-state index contributed by atoms with van der Waals surface area (Å²) in [6.07, 6.45) is 5.87. The SMILES string of the molecule is CCc1ncc(C(=O)N[C@H]2c3ccccc3C3(CCNCC3)[C@@H]2OC)cn1. The number of aromatic nitrogens is 2. The van der Waals surface area contributed by atoms with Crippen LogP contribution in [0.15, 0.2) is 36.7 Å². The molecule has 1 fully saturated rings. The second-order valence-corrected chi connectivity index (χ2v) is 7.34. The second-order valence-electron chi connectivity index (χ2n) is 7.34. The highest BCUT2D eigenvalue weighted by Gasteiger charge is 2.53. The lowest BCUT2D eigenvalue weighted by Gasteiger charge is -2.40. The smallest absolute Gasteiger partial charge is 0.254 e. The largest absolute Gasteiger partial charge is 0.378 e. The Balaban J connectivity index is 1.66. The van der Waals surface area contributed by atoms with Crippen molar-refractivity contribution in [1.82, 2.24) is 20.6 Å². The van der Waals surface area contributed by atoms with Crippen molar-refractivity contribution < 1.29 is 9.53 Å². The number of piperidine rings is 1. The fraction of sp³-hybridized carbons (Fsp3) is 0.476. The Kier molecular flexibility index (Phi) is 4.93. The molecule has 1 amide bonds. The summed E-state index contributed by atoms with van der Waals surface area (Å²) < 4.78 is 6.00. The first-order valence-electron chi connectivity index (χ1n) is 9.64. The molecule has 1 aliphatic heterocycles. The van der Waals surface area contributed by atoms with E-state index in [1.54, 1.807) is 19.5 Å². The van der Waals surface area contributed by atoms with Gasteiger partial charge in [0, 0.05) is 31.3 Å². The molecule has 27 heavy (non-hydrogen) atoms. The van der Waals surface area contributed by atoms with Gasteiger partial charge in [-0.15, -0.1) is 0 Å². The lowest BCUT2D eigenvalue weighted by Crippen LogP contribution is -2.49. The van der Waals surface area contributed by atoms with E-state index in [4.69, 9.17) is 4.74 Å². The molecule has 6 nitrogen and oxygen atoms in total. The predicted octanol–water partition coefficient (Wildman–Crippen LogP) is 2.16. The Morgan fingerprint density at radius 1 is 1.26 bits per heavy atom. The molecule has 142 valence electrons. The van der Waals surface area contributed by atoms with Crippen LogP contribution >= 0.6 is 0 Å². The molecule has 1 aromatic carbocycles. The number of amides is 1. The zero-order valence-corrected chi connectivity index (χ0v) is 15.9. The fourth-order valence-electron chi connectivity index (χ4n) is 4.68. The van der Waals surface area contributed by atoms with E-state index < -0.39 is 0 Å². The van der Waals surface area contributed by atoms with Crippen molar-refractivity contribution in [3.05, 3.63) is 59.2 Å². The molecule has 0 saturated carbocycles. The Labute approximate surface area is 159 Å². The van der Waals surface area contributed by atoms with Gasteiger partial charge in [0.05, 0.1) is 17.7 Å². The highest BCUT2D eigenvalue weighted by molar-refractivity contribution is 5.94. The van der Waals surface area contributed by atoms with Crippen LogP contribution in [0, 0.1) is 0 Å². The maximum absolute atomic E-state index is 12.9. The van der Waals surface area contributed by atoms with Gasteiger partial charge >= 0.3 is 0 Å². The first-order valence-corrected chi connectivity index (χ1v) is 9.64. The minimum atomic E-state index is -0.178. The first-order chi connectivity index (χ1) is 13.2. The van der Waals surface area contributed by atoms with Gasteiger partial charge in [0.1, 0.15) is 5.82 Å². The molecule has 0 bridgehead atoms. The lowest BCUT2D eigenvalue weighted by molar-refractivity contribution is 0.00396. The number of carbonyl (C=O) groups excluding carboxylic acids is 1. The van der Waals surface area contributed by atoms with E-state index in [1.165, 1.54) is 5.56 Å². The molecule has 2 aromatic rings. The third-order valence-electron chi connectivity index (χ3n) is 6.00. The standard InChI is InChI=1S/C21H26N4O2/c1-3-17-23-12-14(13-24-17)20(26)25-18-15-6-4-5-7-16(15)21(19(18)27-2)8-10-22-11-9-21/h4-7,12-13,18-19,22H,3,8-11H2,1-2H3,(H,25,26)/t18-,19+/m0/s1. The minimum Gasteiger partial charge on any atom is -0.378 e. The summed E-state index contributed by atoms with van der Waals surface area (Å²) >= 11 is 0. The zero-order valence-electron chi connectivity index (χ0n) is 15.9. The van der Waals surface area contributed by atoms with Crippen molar-refractivity contribution >= 4 is 5.91 Å². The van der Waals surface area contributed by atoms with Gasteiger partial charge in [-0.05, 0) is 37.1 Å². The van der Waals surface area contributed by atoms with Crippen molar-refractivity contribution in [2.24, 2.45) is 0 Å². The van der Waals surface area contributed by atoms with Gasteiger partial charge in [-0.25, -0.2) is 9.97 Å². The van der Waals surface area contributed by atoms with Gasteiger partial charge in [-0.2, -0.15) is 0 Å². The molecule has 0 unspecified atom stereocenters. The minimum absolute atomic E-state index is 0.0584. The van der Waals surface area contributed by atoms with E-state index in [0.29, 0.717) is 5.56 Å². The highest BCUT2D eigenvalue weighted by atomic mass is 16.5. The van der Waals surface area contributed by atoms with Crippen molar-refractivity contribution in [3.8, 4) is 0 Å². The molecule has 2 atom stereocenters. The maximum Gasteiger partial charge on any atom is 0.254 e. The number of fused-ring (bicyclic) bond motifs is 2. The van der Waals surface area contributed by atoms with Crippen LogP contribution in [-0.4, -0.2) is 42.2 Å². The van der Waals surface area contributed by atoms with Crippen LogP contribution < -0.4 is 10.6 Å². The zero-order chi connectivity index (χ0) is 18.9. The van der Waals surface area contributed by atoms with Crippen LogP contribution in [0.4, 0.5) is 0 Å². The molecule has 2 heterocycles. The highest BCUT2D eigenvalue weighted by Crippen LogP contribution is 2.51. The van der Waals surface area contributed by atoms with Crippen LogP contribution in [-0.2, 0) is 16.6 Å². The maximum atomic E-state index is 12.9. The van der Waals surface area contributed by atoms with Crippen LogP contribution in [0.5, 0.6) is 0 Å². The number of rotatable bonds is 4. The Bertz CT molecular complexity index is 815. The molecular weight excluding hydrogens is 340 g/mol. The van der Waals surface area contributed by atoms with Gasteiger partial charge < -0.3 is 15.4 Å². The molecule has 0 radical (unpaired) electrons. The summed E-state index contributed by atoms with van der Waals surface area (Å²) in [6.45, 7) is 3.91. The third-order valence-corrected chi connectivity index (χ3v) is 6.00. The van der Waals surface area contributed by atoms with Crippen molar-refractivity contribution in [3.63, 3.8) is 0 Å². The van der Waals surface area contributed by atoms with Gasteiger partial charge in [0.15, 0.2) is 0 Å². The van der Waals surface area contributed by atoms with E-state index in [-0.39, 0.29) is 23.5 Å². The van der Waals surface area contributed by atoms with Gasteiger partial charge in [-0.3, -0.25) is 4.79 Å². The second kappa shape index (κ2) is 7.37. The Morgan fingerprint density at radius 2 is 1.96 bits per heavy atom. The number of hydrogen-bond acceptors (Lipinski definition) is 5. The molecule has 2 N–H and O–H groups in total. The van der Waals surface area contributed by atoms with Crippen molar-refractivity contribution in [1.29, 1.82) is 0 Å². The van der Waals surface area contributed by atoms with E-state index in [2.05, 4.69) is 38.8 Å². The molecule has 6 heteroatoms. The summed E-state index contributed by atoms with van der Waals surface area (Å²) in [5, 5.41) is 6.64. The van der Waals surface area contributed by atoms with Crippen LogP contribution in [0.1, 0.15) is 53.1 Å². The molecule has 1 aliphatic carbocycles. The van der Waals surface area contributed by atoms with E-state index in [9.17, 15) is 4.79 Å². The number of hydrogen-bond donors (Lipinski definition) is 2. The summed E-state index contributed by atoms with van der Waals surface area (Å²) in [5.41, 5.74) is 2.88. The first kappa shape index (κ1) is 18.1. The number of methoxy groups -OCH3 is 1. The summed E-state index contributed by atoms with van der Waals surface area (Å²) in [5.74, 6) is 0.576. The third kappa shape index (κ3) is 3.03. The van der Waals surface area contributed by atoms with Crippen LogP contribution in [0.25, 0.3) is 0 Å². The van der Waals surface area contributed by atoms with Gasteiger partial charge in [-0.1, -0.05) is 31.2 Å². The summed E-state index contributed by atoms with van der Waals surface area (Å²) in [6, 6.07) is 8.24. The average molecular weight is 366 g/mol. The van der Waals surface area contributed by atoms with Crippen molar-refractivity contribution in [2.45, 2.75) is 43.7 Å². The lowest BCUT2D eigenvalue weighted by atomic mass is 9.72.